The smallest absolute Gasteiger partial charge is 0.144 e. The highest BCUT2D eigenvalue weighted by atomic mass is 16.5. The quantitative estimate of drug-likeness (QED) is 0.894. The van der Waals surface area contributed by atoms with Crippen LogP contribution in [0.25, 0.3) is 12.2 Å². The number of para-hydroxylation sites is 1. The van der Waals surface area contributed by atoms with Crippen LogP contribution in [0, 0.1) is 13.8 Å². The molecule has 21 heavy (non-hydrogen) atoms. The maximum Gasteiger partial charge on any atom is 0.144 e. The van der Waals surface area contributed by atoms with Crippen LogP contribution in [-0.2, 0) is 0 Å². The number of pyridine rings is 1. The fraction of sp³-hybridized carbons (Fsp3) is 0.167. The molecule has 1 aliphatic rings. The van der Waals surface area contributed by atoms with E-state index in [1.54, 1.807) is 0 Å². The molecule has 1 aromatic carbocycles. The number of nitrogens with zero attached hydrogens (tertiary/aromatic N) is 1. The lowest BCUT2D eigenvalue weighted by atomic mass is 10.0. The number of aromatic nitrogens is 1. The van der Waals surface area contributed by atoms with E-state index in [1.807, 2.05) is 62.4 Å². The zero-order chi connectivity index (χ0) is 14.8. The summed E-state index contributed by atoms with van der Waals surface area (Å²) in [4.78, 5) is 4.39. The number of hydrogen-bond donors (Lipinski definition) is 1. The molecule has 1 aliphatic carbocycles. The van der Waals surface area contributed by atoms with Gasteiger partial charge in [0.2, 0.25) is 0 Å². The first-order chi connectivity index (χ1) is 10.1. The van der Waals surface area contributed by atoms with Gasteiger partial charge in [-0.3, -0.25) is 4.98 Å². The molecular weight excluding hydrogens is 262 g/mol. The Bertz CT molecular complexity index is 731. The Morgan fingerprint density at radius 2 is 1.81 bits per heavy atom. The minimum absolute atomic E-state index is 0.240. The van der Waals surface area contributed by atoms with E-state index < -0.39 is 0 Å². The highest BCUT2D eigenvalue weighted by molar-refractivity contribution is 5.74. The summed E-state index contributed by atoms with van der Waals surface area (Å²) in [5.74, 6) is 1.89. The Kier molecular flexibility index (Phi) is 3.48. The number of allylic oxidation sites excluding steroid dienone is 1. The Hall–Kier alpha value is -2.55. The summed E-state index contributed by atoms with van der Waals surface area (Å²) >= 11 is 0. The molecule has 0 atom stereocenters. The fourth-order valence-corrected chi connectivity index (χ4v) is 2.46. The largest absolute Gasteiger partial charge is 0.505 e. The normalized spacial score (nSPS) is 13.3. The van der Waals surface area contributed by atoms with Gasteiger partial charge < -0.3 is 9.84 Å². The average Bonchev–Trinajstić information content (AvgIpc) is 2.69. The number of hydrogen-bond acceptors (Lipinski definition) is 3. The molecule has 0 saturated carbocycles. The van der Waals surface area contributed by atoms with E-state index >= 15 is 0 Å². The van der Waals surface area contributed by atoms with Crippen LogP contribution >= 0.6 is 0 Å². The van der Waals surface area contributed by atoms with Crippen molar-refractivity contribution in [1.82, 2.24) is 4.98 Å². The van der Waals surface area contributed by atoms with Crippen molar-refractivity contribution in [3.63, 3.8) is 0 Å². The predicted molar refractivity (Wildman–Crippen MR) is 84.1 cm³/mol. The van der Waals surface area contributed by atoms with E-state index in [0.29, 0.717) is 12.1 Å². The van der Waals surface area contributed by atoms with Crippen molar-refractivity contribution in [1.29, 1.82) is 0 Å². The van der Waals surface area contributed by atoms with Gasteiger partial charge in [0.05, 0.1) is 5.69 Å². The van der Waals surface area contributed by atoms with Gasteiger partial charge in [0.25, 0.3) is 0 Å². The van der Waals surface area contributed by atoms with Gasteiger partial charge >= 0.3 is 0 Å². The lowest BCUT2D eigenvalue weighted by molar-refractivity contribution is 0.421. The second kappa shape index (κ2) is 5.44. The summed E-state index contributed by atoms with van der Waals surface area (Å²) in [6, 6.07) is 9.69. The molecule has 106 valence electrons. The van der Waals surface area contributed by atoms with Gasteiger partial charge in [-0.05, 0) is 32.1 Å². The molecule has 0 amide bonds. The molecule has 0 aliphatic heterocycles. The molecule has 0 bridgehead atoms. The molecule has 3 heteroatoms. The highest BCUT2D eigenvalue weighted by Crippen LogP contribution is 2.32. The van der Waals surface area contributed by atoms with Crippen molar-refractivity contribution >= 4 is 12.2 Å². The van der Waals surface area contributed by atoms with Crippen LogP contribution in [0.1, 0.15) is 28.9 Å². The summed E-state index contributed by atoms with van der Waals surface area (Å²) < 4.78 is 5.92. The molecule has 0 fully saturated rings. The third-order valence-electron chi connectivity index (χ3n) is 3.51. The summed E-state index contributed by atoms with van der Waals surface area (Å²) in [5, 5.41) is 10.2. The summed E-state index contributed by atoms with van der Waals surface area (Å²) in [7, 11) is 0. The van der Waals surface area contributed by atoms with E-state index in [2.05, 4.69) is 4.98 Å². The van der Waals surface area contributed by atoms with Crippen molar-refractivity contribution in [2.75, 3.05) is 0 Å². The predicted octanol–water partition coefficient (Wildman–Crippen LogP) is 4.24. The molecule has 0 unspecified atom stereocenters. The highest BCUT2D eigenvalue weighted by Gasteiger charge is 2.15. The second-order valence-electron chi connectivity index (χ2n) is 5.09. The first kappa shape index (κ1) is 13.4. The van der Waals surface area contributed by atoms with Crippen LogP contribution in [-0.4, -0.2) is 10.1 Å². The second-order valence-corrected chi connectivity index (χ2v) is 5.09. The topological polar surface area (TPSA) is 42.4 Å². The minimum Gasteiger partial charge on any atom is -0.505 e. The Balaban J connectivity index is 2.03. The van der Waals surface area contributed by atoms with Gasteiger partial charge in [-0.2, -0.15) is 0 Å². The molecule has 0 spiro atoms. The van der Waals surface area contributed by atoms with E-state index in [-0.39, 0.29) is 5.75 Å². The maximum absolute atomic E-state index is 10.2. The molecule has 1 N–H and O–H groups in total. The lowest BCUT2D eigenvalue weighted by Gasteiger charge is -2.11. The van der Waals surface area contributed by atoms with Crippen LogP contribution in [0.5, 0.6) is 11.5 Å². The Morgan fingerprint density at radius 1 is 1.05 bits per heavy atom. The van der Waals surface area contributed by atoms with Crippen molar-refractivity contribution in [2.45, 2.75) is 20.3 Å². The van der Waals surface area contributed by atoms with Gasteiger partial charge in [0, 0.05) is 23.2 Å². The van der Waals surface area contributed by atoms with E-state index in [0.717, 1.165) is 28.3 Å². The number of aryl methyl sites for hydroxylation is 2. The van der Waals surface area contributed by atoms with Crippen LogP contribution < -0.4 is 4.74 Å². The molecular formula is C18H17NO2. The van der Waals surface area contributed by atoms with Gasteiger partial charge in [-0.15, -0.1) is 0 Å². The van der Waals surface area contributed by atoms with Crippen LogP contribution in [0.3, 0.4) is 0 Å². The third-order valence-corrected chi connectivity index (χ3v) is 3.51. The summed E-state index contributed by atoms with van der Waals surface area (Å²) in [5.41, 5.74) is 3.27. The molecule has 3 rings (SSSR count). The SMILES string of the molecule is Cc1nc(C)c2c(c1O)C=CCC(Oc1ccccc1)=C2. The van der Waals surface area contributed by atoms with Crippen LogP contribution in [0.2, 0.25) is 0 Å². The van der Waals surface area contributed by atoms with Crippen molar-refractivity contribution in [3.05, 3.63) is 64.7 Å². The molecule has 3 nitrogen and oxygen atoms in total. The minimum atomic E-state index is 0.240. The number of rotatable bonds is 2. The standard InChI is InChI=1S/C18H17NO2/c1-12-17-11-15(21-14-7-4-3-5-8-14)9-6-10-16(17)18(20)13(2)19-12/h3-8,10-11,20H,9H2,1-2H3. The van der Waals surface area contributed by atoms with Gasteiger partial charge in [0.15, 0.2) is 0 Å². The molecule has 1 heterocycles. The summed E-state index contributed by atoms with van der Waals surface area (Å²) in [6.45, 7) is 3.76. The zero-order valence-electron chi connectivity index (χ0n) is 12.1. The number of fused-ring (bicyclic) bond motifs is 1. The Labute approximate surface area is 124 Å². The van der Waals surface area contributed by atoms with Crippen LogP contribution in [0.4, 0.5) is 0 Å². The van der Waals surface area contributed by atoms with Gasteiger partial charge in [0.1, 0.15) is 17.3 Å². The number of ether oxygens (including phenoxy) is 1. The molecule has 1 aromatic heterocycles. The van der Waals surface area contributed by atoms with E-state index in [4.69, 9.17) is 4.74 Å². The number of aromatic hydroxyl groups is 1. The lowest BCUT2D eigenvalue weighted by Crippen LogP contribution is -1.97. The first-order valence-electron chi connectivity index (χ1n) is 6.95. The van der Waals surface area contributed by atoms with Crippen molar-refractivity contribution in [2.24, 2.45) is 0 Å². The van der Waals surface area contributed by atoms with E-state index in [1.165, 1.54) is 0 Å². The van der Waals surface area contributed by atoms with Crippen molar-refractivity contribution < 1.29 is 9.84 Å². The average molecular weight is 279 g/mol. The number of benzene rings is 1. The molecule has 0 radical (unpaired) electrons. The third kappa shape index (κ3) is 2.68. The fourth-order valence-electron chi connectivity index (χ4n) is 2.46. The summed E-state index contributed by atoms with van der Waals surface area (Å²) in [6.07, 6.45) is 6.58. The van der Waals surface area contributed by atoms with Crippen molar-refractivity contribution in [3.8, 4) is 11.5 Å². The maximum atomic E-state index is 10.2. The van der Waals surface area contributed by atoms with E-state index in [9.17, 15) is 5.11 Å². The zero-order valence-corrected chi connectivity index (χ0v) is 12.1. The first-order valence-corrected chi connectivity index (χ1v) is 6.95. The molecule has 2 aromatic rings. The van der Waals surface area contributed by atoms with Crippen LogP contribution in [0.15, 0.2) is 42.2 Å². The van der Waals surface area contributed by atoms with Gasteiger partial charge in [-0.25, -0.2) is 0 Å². The monoisotopic (exact) mass is 279 g/mol. The van der Waals surface area contributed by atoms with Gasteiger partial charge in [-0.1, -0.05) is 30.4 Å². The molecule has 0 saturated heterocycles. The Morgan fingerprint density at radius 3 is 2.57 bits per heavy atom.